The number of alkyl halides is 3. The van der Waals surface area contributed by atoms with Crippen molar-refractivity contribution in [3.05, 3.63) is 48.3 Å². The van der Waals surface area contributed by atoms with E-state index in [1.54, 1.807) is 30.6 Å². The van der Waals surface area contributed by atoms with Crippen molar-refractivity contribution in [1.82, 2.24) is 20.2 Å². The van der Waals surface area contributed by atoms with Gasteiger partial charge in [-0.15, -0.1) is 13.2 Å². The van der Waals surface area contributed by atoms with Gasteiger partial charge in [0.2, 0.25) is 5.95 Å². The van der Waals surface area contributed by atoms with Gasteiger partial charge in [-0.2, -0.15) is 0 Å². The number of piperazine rings is 1. The van der Waals surface area contributed by atoms with Gasteiger partial charge in [-0.05, 0) is 19.1 Å². The molecule has 1 aliphatic rings. The van der Waals surface area contributed by atoms with E-state index < -0.39 is 6.36 Å². The molecular formula is C19H23F3N6O. The fourth-order valence-corrected chi connectivity index (χ4v) is 3.02. The van der Waals surface area contributed by atoms with Crippen molar-refractivity contribution in [1.29, 1.82) is 0 Å². The summed E-state index contributed by atoms with van der Waals surface area (Å²) in [4.78, 5) is 17.2. The Labute approximate surface area is 167 Å². The van der Waals surface area contributed by atoms with Crippen molar-refractivity contribution in [3.8, 4) is 5.75 Å². The van der Waals surface area contributed by atoms with Crippen molar-refractivity contribution in [2.24, 2.45) is 4.99 Å². The summed E-state index contributed by atoms with van der Waals surface area (Å²) in [5.74, 6) is 1.11. The van der Waals surface area contributed by atoms with E-state index in [0.29, 0.717) is 37.1 Å². The molecule has 2 heterocycles. The van der Waals surface area contributed by atoms with Crippen LogP contribution in [0.1, 0.15) is 12.5 Å². The van der Waals surface area contributed by atoms with Gasteiger partial charge >= 0.3 is 6.36 Å². The zero-order valence-electron chi connectivity index (χ0n) is 16.1. The summed E-state index contributed by atoms with van der Waals surface area (Å²) in [5, 5.41) is 3.21. The molecule has 1 aromatic heterocycles. The number of benzene rings is 1. The van der Waals surface area contributed by atoms with E-state index in [1.165, 1.54) is 12.1 Å². The van der Waals surface area contributed by atoms with Gasteiger partial charge in [0, 0.05) is 50.7 Å². The van der Waals surface area contributed by atoms with Gasteiger partial charge in [-0.25, -0.2) is 15.0 Å². The molecule has 3 rings (SSSR count). The Bertz CT molecular complexity index is 807. The van der Waals surface area contributed by atoms with Crippen molar-refractivity contribution in [2.75, 3.05) is 37.6 Å². The van der Waals surface area contributed by atoms with Gasteiger partial charge < -0.3 is 19.9 Å². The van der Waals surface area contributed by atoms with Gasteiger partial charge in [0.1, 0.15) is 5.75 Å². The minimum atomic E-state index is -4.74. The monoisotopic (exact) mass is 408 g/mol. The van der Waals surface area contributed by atoms with Crippen LogP contribution in [0.4, 0.5) is 19.1 Å². The Morgan fingerprint density at radius 2 is 1.79 bits per heavy atom. The van der Waals surface area contributed by atoms with Crippen LogP contribution >= 0.6 is 0 Å². The molecule has 1 fully saturated rings. The molecular weight excluding hydrogens is 385 g/mol. The van der Waals surface area contributed by atoms with E-state index in [2.05, 4.69) is 34.8 Å². The zero-order valence-corrected chi connectivity index (χ0v) is 16.1. The molecule has 0 amide bonds. The number of hydrogen-bond donors (Lipinski definition) is 1. The number of anilines is 1. The number of nitrogens with one attached hydrogen (secondary N) is 1. The second kappa shape index (κ2) is 9.44. The lowest BCUT2D eigenvalue weighted by molar-refractivity contribution is -0.274. The Kier molecular flexibility index (Phi) is 6.73. The first-order chi connectivity index (χ1) is 14.0. The number of halogens is 3. The highest BCUT2D eigenvalue weighted by molar-refractivity contribution is 5.80. The third-order valence-electron chi connectivity index (χ3n) is 4.35. The molecule has 0 spiro atoms. The van der Waals surface area contributed by atoms with Gasteiger partial charge in [0.25, 0.3) is 0 Å². The highest BCUT2D eigenvalue weighted by Gasteiger charge is 2.32. The third kappa shape index (κ3) is 5.97. The van der Waals surface area contributed by atoms with E-state index in [-0.39, 0.29) is 12.3 Å². The maximum absolute atomic E-state index is 12.6. The second-order valence-corrected chi connectivity index (χ2v) is 6.35. The Morgan fingerprint density at radius 1 is 1.10 bits per heavy atom. The van der Waals surface area contributed by atoms with Crippen LogP contribution in [-0.2, 0) is 6.54 Å². The maximum Gasteiger partial charge on any atom is 0.573 e. The van der Waals surface area contributed by atoms with Gasteiger partial charge in [-0.1, -0.05) is 18.2 Å². The molecule has 1 aliphatic heterocycles. The van der Waals surface area contributed by atoms with E-state index in [9.17, 15) is 13.2 Å². The van der Waals surface area contributed by atoms with E-state index in [0.717, 1.165) is 13.1 Å². The van der Waals surface area contributed by atoms with Gasteiger partial charge in [0.15, 0.2) is 5.96 Å². The first kappa shape index (κ1) is 20.7. The standard InChI is InChI=1S/C19H23F3N6O/c1-2-23-17(26-14-15-6-3-4-7-16(15)29-19(20,21)22)27-10-12-28(13-11-27)18-24-8-5-9-25-18/h3-9H,2,10-14H2,1H3,(H,23,26). The normalized spacial score (nSPS) is 15.4. The lowest BCUT2D eigenvalue weighted by Crippen LogP contribution is -2.53. The van der Waals surface area contributed by atoms with Crippen LogP contribution in [0.5, 0.6) is 5.75 Å². The van der Waals surface area contributed by atoms with Crippen LogP contribution in [0.2, 0.25) is 0 Å². The average molecular weight is 408 g/mol. The first-order valence-corrected chi connectivity index (χ1v) is 9.35. The first-order valence-electron chi connectivity index (χ1n) is 9.35. The molecule has 0 bridgehead atoms. The molecule has 0 unspecified atom stereocenters. The van der Waals surface area contributed by atoms with Crippen LogP contribution in [0.25, 0.3) is 0 Å². The van der Waals surface area contributed by atoms with E-state index >= 15 is 0 Å². The number of aliphatic imine (C=N–C) groups is 1. The summed E-state index contributed by atoms with van der Waals surface area (Å²) < 4.78 is 42.0. The molecule has 1 N–H and O–H groups in total. The summed E-state index contributed by atoms with van der Waals surface area (Å²) in [6.45, 7) is 5.53. The molecule has 156 valence electrons. The van der Waals surface area contributed by atoms with Gasteiger partial charge in [0.05, 0.1) is 6.54 Å². The minimum Gasteiger partial charge on any atom is -0.405 e. The Morgan fingerprint density at radius 3 is 2.45 bits per heavy atom. The molecule has 2 aromatic rings. The van der Waals surface area contributed by atoms with Crippen LogP contribution < -0.4 is 15.0 Å². The summed E-state index contributed by atoms with van der Waals surface area (Å²) in [6, 6.07) is 7.82. The molecule has 0 atom stereocenters. The van der Waals surface area contributed by atoms with Crippen LogP contribution in [0.15, 0.2) is 47.7 Å². The summed E-state index contributed by atoms with van der Waals surface area (Å²) >= 11 is 0. The molecule has 0 aliphatic carbocycles. The molecule has 7 nitrogen and oxygen atoms in total. The minimum absolute atomic E-state index is 0.0800. The van der Waals surface area contributed by atoms with Crippen LogP contribution in [0.3, 0.4) is 0 Å². The number of para-hydroxylation sites is 1. The fraction of sp³-hybridized carbons (Fsp3) is 0.421. The van der Waals surface area contributed by atoms with E-state index in [1.807, 2.05) is 6.92 Å². The Balaban J connectivity index is 1.67. The van der Waals surface area contributed by atoms with Crippen molar-refractivity contribution in [2.45, 2.75) is 19.8 Å². The predicted octanol–water partition coefficient (Wildman–Crippen LogP) is 2.66. The number of guanidine groups is 1. The fourth-order valence-electron chi connectivity index (χ4n) is 3.02. The van der Waals surface area contributed by atoms with Crippen molar-refractivity contribution >= 4 is 11.9 Å². The smallest absolute Gasteiger partial charge is 0.405 e. The lowest BCUT2D eigenvalue weighted by atomic mass is 10.2. The number of aromatic nitrogens is 2. The highest BCUT2D eigenvalue weighted by Crippen LogP contribution is 2.26. The number of hydrogen-bond acceptors (Lipinski definition) is 5. The molecule has 29 heavy (non-hydrogen) atoms. The Hall–Kier alpha value is -3.04. The number of nitrogens with zero attached hydrogens (tertiary/aromatic N) is 5. The van der Waals surface area contributed by atoms with Crippen LogP contribution in [0, 0.1) is 0 Å². The quantitative estimate of drug-likeness (QED) is 0.606. The number of rotatable bonds is 5. The highest BCUT2D eigenvalue weighted by atomic mass is 19.4. The predicted molar refractivity (Wildman–Crippen MR) is 104 cm³/mol. The maximum atomic E-state index is 12.6. The zero-order chi connectivity index (χ0) is 20.7. The summed E-state index contributed by atoms with van der Waals surface area (Å²) in [6.07, 6.45) is -1.32. The molecule has 1 saturated heterocycles. The molecule has 1 aromatic carbocycles. The topological polar surface area (TPSA) is 65.9 Å². The largest absolute Gasteiger partial charge is 0.573 e. The molecule has 0 radical (unpaired) electrons. The van der Waals surface area contributed by atoms with Gasteiger partial charge in [-0.3, -0.25) is 0 Å². The van der Waals surface area contributed by atoms with E-state index in [4.69, 9.17) is 0 Å². The van der Waals surface area contributed by atoms with Crippen molar-refractivity contribution in [3.63, 3.8) is 0 Å². The molecule has 0 saturated carbocycles. The second-order valence-electron chi connectivity index (χ2n) is 6.35. The summed E-state index contributed by atoms with van der Waals surface area (Å²) in [7, 11) is 0. The average Bonchev–Trinajstić information content (AvgIpc) is 2.72. The summed E-state index contributed by atoms with van der Waals surface area (Å²) in [5.41, 5.74) is 0.372. The van der Waals surface area contributed by atoms with Crippen molar-refractivity contribution < 1.29 is 17.9 Å². The third-order valence-corrected chi connectivity index (χ3v) is 4.35. The lowest BCUT2D eigenvalue weighted by Gasteiger charge is -2.36. The number of ether oxygens (including phenoxy) is 1. The molecule has 10 heteroatoms. The van der Waals surface area contributed by atoms with Crippen LogP contribution in [-0.4, -0.2) is 59.9 Å². The SMILES string of the molecule is CCNC(=NCc1ccccc1OC(F)(F)F)N1CCN(c2ncccn2)CC1.